The topological polar surface area (TPSA) is 136 Å². The number of aliphatic hydroxyl groups excluding tert-OH is 1. The van der Waals surface area contributed by atoms with Crippen LogP contribution >= 0.6 is 11.8 Å². The van der Waals surface area contributed by atoms with E-state index in [9.17, 15) is 28.2 Å². The lowest BCUT2D eigenvalue weighted by Gasteiger charge is -2.46. The molecule has 0 aromatic rings. The molecule has 0 unspecified atom stereocenters. The smallest absolute Gasteiger partial charge is 0.353 e. The molecule has 3 heterocycles. The molecule has 2 fully saturated rings. The number of thiol groups is 1. The number of aliphatic hydroxyl groups is 1. The predicted octanol–water partition coefficient (Wildman–Crippen LogP) is -1.28. The minimum absolute atomic E-state index is 0.00476. The van der Waals surface area contributed by atoms with Gasteiger partial charge in [-0.2, -0.15) is 0 Å². The molecule has 26 heavy (non-hydrogen) atoms. The average molecular weight is 405 g/mol. The Labute approximate surface area is 157 Å². The second-order valence-electron chi connectivity index (χ2n) is 6.97. The molecule has 1 amide bonds. The molecule has 2 saturated heterocycles. The Morgan fingerprint density at radius 1 is 1.50 bits per heavy atom. The number of nitrogens with zero attached hydrogens (tertiary/aromatic N) is 1. The molecule has 3 aliphatic heterocycles. The first-order valence-corrected chi connectivity index (χ1v) is 10.5. The van der Waals surface area contributed by atoms with Crippen molar-refractivity contribution in [2.45, 2.75) is 43.7 Å². The Kier molecular flexibility index (Phi) is 5.63. The lowest BCUT2D eigenvalue weighted by molar-refractivity contribution is -0.163. The van der Waals surface area contributed by atoms with Gasteiger partial charge in [-0.1, -0.05) is 6.92 Å². The Balaban J connectivity index is 1.73. The maximum absolute atomic E-state index is 12.3. The highest BCUT2D eigenvalue weighted by atomic mass is 32.2. The van der Waals surface area contributed by atoms with Crippen LogP contribution < -0.4 is 10.0 Å². The van der Waals surface area contributed by atoms with Crippen LogP contribution in [0.5, 0.6) is 0 Å². The minimum atomic E-state index is -2.64. The van der Waals surface area contributed by atoms with Crippen LogP contribution in [0, 0.1) is 11.8 Å². The molecule has 0 aromatic heterocycles. The molecular formula is C15H23N3O6S2. The van der Waals surface area contributed by atoms with Crippen molar-refractivity contribution in [3.63, 3.8) is 0 Å². The Hall–Kier alpha value is -1.14. The standard InChI is InChI=1S/C15H23N3O6S2/c1-6-11-10(7(2)19)14(20)18(11)12(15(21)22)13(6)25-9-3-8(16-5-9)4-17-26(23)24/h6-11,16,19,26H,3-5H2,1-2H3,(H,21,22)(H,17,23,24)/t6-,7-,8+,9+,10-,11-/m1/s1. The number of nitrogens with one attached hydrogen (secondary N) is 2. The summed E-state index contributed by atoms with van der Waals surface area (Å²) < 4.78 is 23.7. The zero-order valence-electron chi connectivity index (χ0n) is 14.4. The molecular weight excluding hydrogens is 382 g/mol. The number of hydrogen-bond donors (Lipinski definition) is 5. The van der Waals surface area contributed by atoms with Crippen LogP contribution in [0.4, 0.5) is 0 Å². The van der Waals surface area contributed by atoms with E-state index < -0.39 is 28.9 Å². The number of carbonyl (C=O) groups excluding carboxylic acids is 1. The van der Waals surface area contributed by atoms with E-state index in [2.05, 4.69) is 10.0 Å². The van der Waals surface area contributed by atoms with Crippen LogP contribution in [0.3, 0.4) is 0 Å². The van der Waals surface area contributed by atoms with Gasteiger partial charge in [0.05, 0.1) is 18.1 Å². The number of carboxylic acid groups (broad SMARTS) is 1. The van der Waals surface area contributed by atoms with Crippen molar-refractivity contribution in [1.82, 2.24) is 14.9 Å². The fourth-order valence-electron chi connectivity index (χ4n) is 4.07. The van der Waals surface area contributed by atoms with Gasteiger partial charge in [0.2, 0.25) is 16.8 Å². The molecule has 4 N–H and O–H groups in total. The summed E-state index contributed by atoms with van der Waals surface area (Å²) >= 11 is 1.44. The predicted molar refractivity (Wildman–Crippen MR) is 95.7 cm³/mol. The van der Waals surface area contributed by atoms with Crippen LogP contribution in [0.25, 0.3) is 0 Å². The van der Waals surface area contributed by atoms with E-state index >= 15 is 0 Å². The molecule has 0 spiro atoms. The molecule has 3 aliphatic rings. The fraction of sp³-hybridized carbons (Fsp3) is 0.733. The molecule has 0 saturated carbocycles. The molecule has 146 valence electrons. The number of carbonyl (C=O) groups is 2. The molecule has 0 aromatic carbocycles. The number of β-lactam (4-membered cyclic amide) rings is 1. The number of hydrogen-bond acceptors (Lipinski definition) is 7. The quantitative estimate of drug-likeness (QED) is 0.261. The molecule has 6 atom stereocenters. The Bertz CT molecular complexity index is 714. The van der Waals surface area contributed by atoms with Crippen molar-refractivity contribution >= 4 is 34.5 Å². The van der Waals surface area contributed by atoms with Crippen molar-refractivity contribution in [2.75, 3.05) is 13.1 Å². The summed E-state index contributed by atoms with van der Waals surface area (Å²) in [6, 6.07) is -0.317. The van der Waals surface area contributed by atoms with Gasteiger partial charge >= 0.3 is 5.97 Å². The number of aliphatic carboxylic acids is 1. The van der Waals surface area contributed by atoms with Crippen LogP contribution in [-0.2, 0) is 20.5 Å². The highest BCUT2D eigenvalue weighted by molar-refractivity contribution is 8.03. The number of rotatable bonds is 7. The first-order valence-electron chi connectivity index (χ1n) is 8.48. The van der Waals surface area contributed by atoms with Crippen LogP contribution in [0.1, 0.15) is 20.3 Å². The van der Waals surface area contributed by atoms with Crippen molar-refractivity contribution < 1.29 is 28.2 Å². The summed E-state index contributed by atoms with van der Waals surface area (Å²) in [5.41, 5.74) is 0.0265. The number of carboxylic acids is 1. The van der Waals surface area contributed by atoms with Gasteiger partial charge in [-0.05, 0) is 13.3 Å². The molecule has 0 aliphatic carbocycles. The number of thioether (sulfide) groups is 1. The monoisotopic (exact) mass is 405 g/mol. The Morgan fingerprint density at radius 3 is 2.77 bits per heavy atom. The second-order valence-corrected chi connectivity index (χ2v) is 9.14. The van der Waals surface area contributed by atoms with E-state index in [1.54, 1.807) is 6.92 Å². The average Bonchev–Trinajstić information content (AvgIpc) is 3.08. The lowest BCUT2D eigenvalue weighted by Crippen LogP contribution is -2.63. The normalized spacial score (nSPS) is 35.0. The van der Waals surface area contributed by atoms with Gasteiger partial charge in [0, 0.05) is 35.2 Å². The highest BCUT2D eigenvalue weighted by Crippen LogP contribution is 2.51. The third kappa shape index (κ3) is 3.38. The maximum atomic E-state index is 12.3. The molecule has 0 radical (unpaired) electrons. The van der Waals surface area contributed by atoms with Crippen molar-refractivity contribution in [1.29, 1.82) is 0 Å². The minimum Gasteiger partial charge on any atom is -0.477 e. The van der Waals surface area contributed by atoms with Gasteiger partial charge < -0.3 is 20.4 Å². The van der Waals surface area contributed by atoms with Gasteiger partial charge in [0.15, 0.2) is 0 Å². The molecule has 9 nitrogen and oxygen atoms in total. The molecule has 3 rings (SSSR count). The SMILES string of the molecule is C[C@@H](O)[C@H]1C(=O)N2C(C(=O)O)=C(S[C@@H]3CN[C@H](CN[SH](=O)=O)C3)[C@H](C)[C@H]12. The van der Waals surface area contributed by atoms with E-state index in [1.165, 1.54) is 16.7 Å². The van der Waals surface area contributed by atoms with Gasteiger partial charge in [-0.3, -0.25) is 4.79 Å². The van der Waals surface area contributed by atoms with Crippen molar-refractivity contribution in [3.8, 4) is 0 Å². The molecule has 0 bridgehead atoms. The summed E-state index contributed by atoms with van der Waals surface area (Å²) in [6.45, 7) is 4.38. The van der Waals surface area contributed by atoms with Crippen LogP contribution in [-0.4, -0.2) is 71.9 Å². The van der Waals surface area contributed by atoms with Gasteiger partial charge in [0.1, 0.15) is 5.70 Å². The zero-order chi connectivity index (χ0) is 19.2. The van der Waals surface area contributed by atoms with E-state index in [-0.39, 0.29) is 34.9 Å². The third-order valence-corrected chi connectivity index (χ3v) is 7.21. The largest absolute Gasteiger partial charge is 0.477 e. The first kappa shape index (κ1) is 19.6. The van der Waals surface area contributed by atoms with Gasteiger partial charge in [-0.15, -0.1) is 11.8 Å². The van der Waals surface area contributed by atoms with Crippen LogP contribution in [0.2, 0.25) is 0 Å². The maximum Gasteiger partial charge on any atom is 0.353 e. The summed E-state index contributed by atoms with van der Waals surface area (Å²) in [5, 5.41) is 22.8. The summed E-state index contributed by atoms with van der Waals surface area (Å²) in [4.78, 5) is 26.1. The van der Waals surface area contributed by atoms with Crippen LogP contribution in [0.15, 0.2) is 10.6 Å². The molecule has 11 heteroatoms. The van der Waals surface area contributed by atoms with E-state index in [0.717, 1.165) is 0 Å². The van der Waals surface area contributed by atoms with Gasteiger partial charge in [-0.25, -0.2) is 17.9 Å². The van der Waals surface area contributed by atoms with Crippen molar-refractivity contribution in [2.24, 2.45) is 11.8 Å². The second kappa shape index (κ2) is 7.47. The summed E-state index contributed by atoms with van der Waals surface area (Å²) in [7, 11) is -2.64. The number of amides is 1. The van der Waals surface area contributed by atoms with E-state index in [4.69, 9.17) is 0 Å². The summed E-state index contributed by atoms with van der Waals surface area (Å²) in [6.07, 6.45) is -0.120. The third-order valence-electron chi connectivity index (χ3n) is 5.25. The zero-order valence-corrected chi connectivity index (χ0v) is 16.1. The highest BCUT2D eigenvalue weighted by Gasteiger charge is 2.60. The first-order chi connectivity index (χ1) is 12.2. The van der Waals surface area contributed by atoms with E-state index in [1.807, 2.05) is 6.92 Å². The van der Waals surface area contributed by atoms with E-state index in [0.29, 0.717) is 24.4 Å². The van der Waals surface area contributed by atoms with Crippen molar-refractivity contribution in [3.05, 3.63) is 10.6 Å². The summed E-state index contributed by atoms with van der Waals surface area (Å²) in [5.74, 6) is -2.19. The fourth-order valence-corrected chi connectivity index (χ4v) is 5.96. The Morgan fingerprint density at radius 2 is 2.19 bits per heavy atom. The van der Waals surface area contributed by atoms with Gasteiger partial charge in [0.25, 0.3) is 0 Å². The lowest BCUT2D eigenvalue weighted by atomic mass is 9.79. The number of fused-ring (bicyclic) bond motifs is 1.